The van der Waals surface area contributed by atoms with Gasteiger partial charge in [0.25, 0.3) is 0 Å². The Morgan fingerprint density at radius 1 is 0.969 bits per heavy atom. The van der Waals surface area contributed by atoms with Crippen molar-refractivity contribution in [3.05, 3.63) is 84.2 Å². The topological polar surface area (TPSA) is 78.9 Å². The summed E-state index contributed by atoms with van der Waals surface area (Å²) in [4.78, 5) is 16.5. The number of anilines is 1. The number of nitrogens with zero attached hydrogens (tertiary/aromatic N) is 1. The third-order valence-electron chi connectivity index (χ3n) is 4.40. The highest BCUT2D eigenvalue weighted by Crippen LogP contribution is 2.30. The van der Waals surface area contributed by atoms with Crippen LogP contribution in [0.5, 0.6) is 17.2 Å². The van der Waals surface area contributed by atoms with Crippen LogP contribution < -0.4 is 19.5 Å². The summed E-state index contributed by atoms with van der Waals surface area (Å²) >= 11 is 0. The van der Waals surface area contributed by atoms with E-state index in [9.17, 15) is 4.79 Å². The summed E-state index contributed by atoms with van der Waals surface area (Å²) in [6, 6.07) is 18.4. The van der Waals surface area contributed by atoms with E-state index in [1.807, 2.05) is 42.5 Å². The van der Waals surface area contributed by atoms with E-state index in [0.717, 1.165) is 17.0 Å². The Balaban J connectivity index is 1.54. The zero-order chi connectivity index (χ0) is 22.6. The quantitative estimate of drug-likeness (QED) is 0.357. The zero-order valence-electron chi connectivity index (χ0n) is 18.1. The van der Waals surface area contributed by atoms with Gasteiger partial charge in [-0.2, -0.15) is 0 Å². The number of aromatic nitrogens is 1. The van der Waals surface area contributed by atoms with Gasteiger partial charge >= 0.3 is 0 Å². The number of nitrogens with one attached hydrogen (secondary N) is 1. The molecule has 1 heterocycles. The maximum absolute atomic E-state index is 12.3. The highest BCUT2D eigenvalue weighted by atomic mass is 16.5. The monoisotopic (exact) mass is 434 g/mol. The van der Waals surface area contributed by atoms with Crippen molar-refractivity contribution in [1.29, 1.82) is 0 Å². The smallest absolute Gasteiger partial charge is 0.248 e. The molecule has 166 valence electrons. The minimum absolute atomic E-state index is 0.256. The van der Waals surface area contributed by atoms with Crippen LogP contribution in [0.1, 0.15) is 11.3 Å². The maximum atomic E-state index is 12.3. The van der Waals surface area contributed by atoms with E-state index in [1.54, 1.807) is 44.7 Å². The number of benzene rings is 2. The van der Waals surface area contributed by atoms with Crippen molar-refractivity contribution in [2.75, 3.05) is 32.8 Å². The van der Waals surface area contributed by atoms with E-state index < -0.39 is 0 Å². The van der Waals surface area contributed by atoms with E-state index in [4.69, 9.17) is 18.9 Å². The first-order valence-electron chi connectivity index (χ1n) is 10.1. The Morgan fingerprint density at radius 3 is 2.53 bits per heavy atom. The number of pyridine rings is 1. The SMILES string of the molecule is COCCOc1cc(NC(=O)/C=C/c2ccc(OCc3ccccn3)cc2)ccc1OC. The highest BCUT2D eigenvalue weighted by Gasteiger charge is 2.07. The average Bonchev–Trinajstić information content (AvgIpc) is 2.83. The van der Waals surface area contributed by atoms with E-state index in [0.29, 0.717) is 37.0 Å². The first kappa shape index (κ1) is 22.8. The lowest BCUT2D eigenvalue weighted by molar-refractivity contribution is -0.111. The van der Waals surface area contributed by atoms with Crippen molar-refractivity contribution in [3.63, 3.8) is 0 Å². The third kappa shape index (κ3) is 7.14. The predicted octanol–water partition coefficient (Wildman–Crippen LogP) is 4.35. The Bertz CT molecular complexity index is 1020. The second kappa shape index (κ2) is 12.1. The summed E-state index contributed by atoms with van der Waals surface area (Å²) in [5, 5.41) is 2.82. The number of carbonyl (C=O) groups is 1. The number of amides is 1. The molecule has 0 bridgehead atoms. The molecule has 2 aromatic carbocycles. The molecular formula is C25H26N2O5. The fraction of sp³-hybridized carbons (Fsp3) is 0.200. The van der Waals surface area contributed by atoms with Gasteiger partial charge in [-0.05, 0) is 48.0 Å². The molecular weight excluding hydrogens is 408 g/mol. The molecule has 7 nitrogen and oxygen atoms in total. The molecule has 0 atom stereocenters. The molecule has 0 spiro atoms. The van der Waals surface area contributed by atoms with Crippen molar-refractivity contribution in [3.8, 4) is 17.2 Å². The summed E-state index contributed by atoms with van der Waals surface area (Å²) < 4.78 is 21.6. The van der Waals surface area contributed by atoms with Crippen LogP contribution in [-0.2, 0) is 16.1 Å². The van der Waals surface area contributed by atoms with Crippen LogP contribution in [0.25, 0.3) is 6.08 Å². The molecule has 1 N–H and O–H groups in total. The van der Waals surface area contributed by atoms with Crippen molar-refractivity contribution in [1.82, 2.24) is 4.98 Å². The normalized spacial score (nSPS) is 10.7. The number of rotatable bonds is 11. The van der Waals surface area contributed by atoms with Gasteiger partial charge in [0.05, 0.1) is 19.4 Å². The first-order chi connectivity index (χ1) is 15.7. The number of hydrogen-bond donors (Lipinski definition) is 1. The number of ether oxygens (including phenoxy) is 4. The Morgan fingerprint density at radius 2 is 1.81 bits per heavy atom. The molecule has 0 saturated carbocycles. The van der Waals surface area contributed by atoms with Crippen LogP contribution >= 0.6 is 0 Å². The lowest BCUT2D eigenvalue weighted by Crippen LogP contribution is -2.09. The van der Waals surface area contributed by atoms with E-state index in [1.165, 1.54) is 6.08 Å². The summed E-state index contributed by atoms with van der Waals surface area (Å²) in [6.07, 6.45) is 4.94. The minimum atomic E-state index is -0.256. The van der Waals surface area contributed by atoms with Crippen LogP contribution in [0.4, 0.5) is 5.69 Å². The van der Waals surface area contributed by atoms with Crippen LogP contribution in [0, 0.1) is 0 Å². The van der Waals surface area contributed by atoms with Crippen LogP contribution in [0.3, 0.4) is 0 Å². The first-order valence-corrected chi connectivity index (χ1v) is 10.1. The third-order valence-corrected chi connectivity index (χ3v) is 4.40. The molecule has 0 aliphatic heterocycles. The lowest BCUT2D eigenvalue weighted by atomic mass is 10.2. The molecule has 1 aromatic heterocycles. The van der Waals surface area contributed by atoms with Crippen molar-refractivity contribution < 1.29 is 23.7 Å². The van der Waals surface area contributed by atoms with Crippen LogP contribution in [0.2, 0.25) is 0 Å². The second-order valence-electron chi connectivity index (χ2n) is 6.71. The van der Waals surface area contributed by atoms with Crippen molar-refractivity contribution in [2.45, 2.75) is 6.61 Å². The molecule has 0 aliphatic carbocycles. The number of hydrogen-bond acceptors (Lipinski definition) is 6. The molecule has 32 heavy (non-hydrogen) atoms. The van der Waals surface area contributed by atoms with Gasteiger partial charge in [0.2, 0.25) is 5.91 Å². The Hall–Kier alpha value is -3.84. The Labute approximate surface area is 187 Å². The van der Waals surface area contributed by atoms with Gasteiger partial charge in [-0.25, -0.2) is 0 Å². The fourth-order valence-corrected chi connectivity index (χ4v) is 2.77. The molecule has 0 aliphatic rings. The number of carbonyl (C=O) groups excluding carboxylic acids is 1. The predicted molar refractivity (Wildman–Crippen MR) is 123 cm³/mol. The van der Waals surface area contributed by atoms with Gasteiger partial charge < -0.3 is 24.3 Å². The molecule has 0 radical (unpaired) electrons. The second-order valence-corrected chi connectivity index (χ2v) is 6.71. The van der Waals surface area contributed by atoms with Crippen molar-refractivity contribution >= 4 is 17.7 Å². The van der Waals surface area contributed by atoms with Gasteiger partial charge in [0.15, 0.2) is 11.5 Å². The number of methoxy groups -OCH3 is 2. The molecule has 0 fully saturated rings. The van der Waals surface area contributed by atoms with Gasteiger partial charge in [-0.3, -0.25) is 9.78 Å². The summed E-state index contributed by atoms with van der Waals surface area (Å²) in [7, 11) is 3.17. The summed E-state index contributed by atoms with van der Waals surface area (Å²) in [5.41, 5.74) is 2.34. The molecule has 3 rings (SSSR count). The molecule has 0 saturated heterocycles. The standard InChI is InChI=1S/C25H26N2O5/c1-29-15-16-31-24-17-20(9-12-23(24)30-2)27-25(28)13-8-19-6-10-22(11-7-19)32-18-21-5-3-4-14-26-21/h3-14,17H,15-16,18H2,1-2H3,(H,27,28)/b13-8+. The molecule has 7 heteroatoms. The molecule has 0 unspecified atom stereocenters. The van der Waals surface area contributed by atoms with E-state index in [-0.39, 0.29) is 5.91 Å². The minimum Gasteiger partial charge on any atom is -0.493 e. The van der Waals surface area contributed by atoms with Gasteiger partial charge in [0.1, 0.15) is 19.0 Å². The van der Waals surface area contributed by atoms with Gasteiger partial charge in [-0.1, -0.05) is 18.2 Å². The summed E-state index contributed by atoms with van der Waals surface area (Å²) in [6.45, 7) is 1.23. The zero-order valence-corrected chi connectivity index (χ0v) is 18.1. The Kier molecular flexibility index (Phi) is 8.65. The summed E-state index contributed by atoms with van der Waals surface area (Å²) in [5.74, 6) is 1.59. The van der Waals surface area contributed by atoms with Gasteiger partial charge in [0, 0.05) is 31.1 Å². The maximum Gasteiger partial charge on any atom is 0.248 e. The highest BCUT2D eigenvalue weighted by molar-refractivity contribution is 6.02. The fourth-order valence-electron chi connectivity index (χ4n) is 2.77. The van der Waals surface area contributed by atoms with E-state index >= 15 is 0 Å². The van der Waals surface area contributed by atoms with Crippen LogP contribution in [-0.4, -0.2) is 38.3 Å². The largest absolute Gasteiger partial charge is 0.493 e. The molecule has 1 amide bonds. The average molecular weight is 434 g/mol. The lowest BCUT2D eigenvalue weighted by Gasteiger charge is -2.12. The van der Waals surface area contributed by atoms with Crippen LogP contribution in [0.15, 0.2) is 72.9 Å². The molecule has 3 aromatic rings. The van der Waals surface area contributed by atoms with Gasteiger partial charge in [-0.15, -0.1) is 0 Å². The van der Waals surface area contributed by atoms with Crippen molar-refractivity contribution in [2.24, 2.45) is 0 Å². The van der Waals surface area contributed by atoms with E-state index in [2.05, 4.69) is 10.3 Å².